The molecule has 39 heavy (non-hydrogen) atoms. The SMILES string of the molecule is C[C@@H](c1ccc(Oc2ccc(C(=O)O)c(Cl)c2)cc1Cl)[C@](O)(c1ccc2c(c1)N(C)S(=O)(=O)N2C)C(F)(F)F. The second-order valence-corrected chi connectivity index (χ2v) is 11.7. The van der Waals surface area contributed by atoms with Gasteiger partial charge in [0, 0.05) is 31.1 Å². The minimum atomic E-state index is -5.18. The topological polar surface area (TPSA) is 107 Å². The molecule has 4 rings (SSSR count). The molecule has 1 heterocycles. The number of ether oxygens (including phenoxy) is 1. The monoisotopic (exact) mass is 604 g/mol. The normalized spacial score (nSPS) is 16.9. The number of aliphatic hydroxyl groups is 1. The van der Waals surface area contributed by atoms with E-state index >= 15 is 0 Å². The summed E-state index contributed by atoms with van der Waals surface area (Å²) in [6.07, 6.45) is -5.18. The van der Waals surface area contributed by atoms with Gasteiger partial charge in [-0.1, -0.05) is 42.3 Å². The summed E-state index contributed by atoms with van der Waals surface area (Å²) in [6, 6.07) is 10.9. The molecule has 0 aromatic heterocycles. The van der Waals surface area contributed by atoms with Gasteiger partial charge in [0.15, 0.2) is 5.60 Å². The number of rotatable bonds is 6. The first-order valence-corrected chi connectivity index (χ1v) is 13.3. The van der Waals surface area contributed by atoms with E-state index in [0.717, 1.165) is 27.7 Å². The highest BCUT2D eigenvalue weighted by molar-refractivity contribution is 7.94. The molecule has 1 aliphatic heterocycles. The number of fused-ring (bicyclic) bond motifs is 1. The summed E-state index contributed by atoms with van der Waals surface area (Å²) < 4.78 is 75.8. The van der Waals surface area contributed by atoms with Crippen molar-refractivity contribution >= 4 is 50.8 Å². The third-order valence-electron chi connectivity index (χ3n) is 6.69. The van der Waals surface area contributed by atoms with Gasteiger partial charge in [0.2, 0.25) is 0 Å². The molecule has 0 unspecified atom stereocenters. The van der Waals surface area contributed by atoms with E-state index in [-0.39, 0.29) is 44.0 Å². The molecule has 0 aliphatic carbocycles. The molecule has 0 radical (unpaired) electrons. The van der Waals surface area contributed by atoms with Crippen molar-refractivity contribution < 1.29 is 41.3 Å². The van der Waals surface area contributed by atoms with E-state index in [9.17, 15) is 31.5 Å². The summed E-state index contributed by atoms with van der Waals surface area (Å²) in [6.45, 7) is 1.15. The standard InChI is InChI=1S/C25H21Cl2F3N2O6S/c1-13(17-7-5-15(11-19(17)26)38-16-6-8-18(23(33)34)20(27)12-16)24(35,25(28,29)30)14-4-9-21-22(10-14)32(3)39(36,37)31(21)2/h4-13,35H,1-3H3,(H,33,34)/t13-,24-/m0/s1. The number of halogens is 5. The van der Waals surface area contributed by atoms with Crippen LogP contribution in [0.3, 0.4) is 0 Å². The highest BCUT2D eigenvalue weighted by Crippen LogP contribution is 2.52. The molecule has 0 amide bonds. The first kappa shape index (κ1) is 28.8. The highest BCUT2D eigenvalue weighted by Gasteiger charge is 2.59. The van der Waals surface area contributed by atoms with Gasteiger partial charge >= 0.3 is 22.4 Å². The van der Waals surface area contributed by atoms with Crippen LogP contribution in [-0.2, 0) is 15.8 Å². The van der Waals surface area contributed by atoms with Crippen LogP contribution in [0.1, 0.15) is 34.3 Å². The lowest BCUT2D eigenvalue weighted by molar-refractivity contribution is -0.274. The fourth-order valence-electron chi connectivity index (χ4n) is 4.39. The Morgan fingerprint density at radius 2 is 1.49 bits per heavy atom. The van der Waals surface area contributed by atoms with Crippen molar-refractivity contribution in [1.29, 1.82) is 0 Å². The fourth-order valence-corrected chi connectivity index (χ4v) is 6.14. The molecule has 2 atom stereocenters. The van der Waals surface area contributed by atoms with Gasteiger partial charge in [-0.15, -0.1) is 0 Å². The minimum absolute atomic E-state index is 0.0210. The maximum atomic E-state index is 14.5. The molecule has 2 N–H and O–H groups in total. The van der Waals surface area contributed by atoms with Crippen molar-refractivity contribution in [2.45, 2.75) is 24.6 Å². The number of anilines is 2. The number of hydrogen-bond donors (Lipinski definition) is 2. The van der Waals surface area contributed by atoms with Crippen molar-refractivity contribution in [1.82, 2.24) is 0 Å². The lowest BCUT2D eigenvalue weighted by atomic mass is 9.77. The molecule has 0 saturated heterocycles. The Hall–Kier alpha value is -3.19. The van der Waals surface area contributed by atoms with Crippen LogP contribution in [0.25, 0.3) is 0 Å². The largest absolute Gasteiger partial charge is 0.478 e. The number of benzene rings is 3. The fraction of sp³-hybridized carbons (Fsp3) is 0.240. The van der Waals surface area contributed by atoms with E-state index in [1.165, 1.54) is 56.6 Å². The lowest BCUT2D eigenvalue weighted by Gasteiger charge is -2.37. The first-order valence-electron chi connectivity index (χ1n) is 11.2. The average Bonchev–Trinajstić information content (AvgIpc) is 3.02. The molecule has 0 spiro atoms. The number of aromatic carboxylic acids is 1. The van der Waals surface area contributed by atoms with E-state index in [2.05, 4.69) is 0 Å². The van der Waals surface area contributed by atoms with Crippen molar-refractivity contribution in [3.63, 3.8) is 0 Å². The van der Waals surface area contributed by atoms with Crippen LogP contribution in [0.2, 0.25) is 10.0 Å². The van der Waals surface area contributed by atoms with Gasteiger partial charge in [0.1, 0.15) is 11.5 Å². The summed E-state index contributed by atoms with van der Waals surface area (Å²) in [5.74, 6) is -2.58. The average molecular weight is 605 g/mol. The van der Waals surface area contributed by atoms with Crippen LogP contribution < -0.4 is 13.3 Å². The second-order valence-electron chi connectivity index (χ2n) is 8.86. The molecule has 3 aromatic carbocycles. The third-order valence-corrected chi connectivity index (χ3v) is 9.11. The predicted octanol–water partition coefficient (Wildman–Crippen LogP) is 6.17. The summed E-state index contributed by atoms with van der Waals surface area (Å²) in [4.78, 5) is 11.1. The van der Waals surface area contributed by atoms with Crippen LogP contribution in [0.15, 0.2) is 54.6 Å². The Morgan fingerprint density at radius 1 is 0.923 bits per heavy atom. The van der Waals surface area contributed by atoms with E-state index in [0.29, 0.717) is 0 Å². The number of alkyl halides is 3. The predicted molar refractivity (Wildman–Crippen MR) is 140 cm³/mol. The molecule has 0 saturated carbocycles. The lowest BCUT2D eigenvalue weighted by Crippen LogP contribution is -2.46. The Kier molecular flexibility index (Phi) is 7.22. The summed E-state index contributed by atoms with van der Waals surface area (Å²) in [5.41, 5.74) is -4.06. The van der Waals surface area contributed by atoms with Crippen LogP contribution in [0.4, 0.5) is 24.5 Å². The quantitative estimate of drug-likeness (QED) is 0.348. The summed E-state index contributed by atoms with van der Waals surface area (Å²) >= 11 is 12.3. The summed E-state index contributed by atoms with van der Waals surface area (Å²) in [7, 11) is -1.47. The molecule has 3 aromatic rings. The first-order chi connectivity index (χ1) is 18.0. The number of hydrogen-bond acceptors (Lipinski definition) is 5. The molecule has 8 nitrogen and oxygen atoms in total. The zero-order chi connectivity index (χ0) is 29.1. The van der Waals surface area contributed by atoms with Crippen molar-refractivity contribution in [3.8, 4) is 11.5 Å². The van der Waals surface area contributed by atoms with Crippen molar-refractivity contribution in [3.05, 3.63) is 81.3 Å². The number of carboxylic acid groups (broad SMARTS) is 1. The van der Waals surface area contributed by atoms with Crippen LogP contribution in [0.5, 0.6) is 11.5 Å². The maximum Gasteiger partial charge on any atom is 0.422 e. The van der Waals surface area contributed by atoms with Gasteiger partial charge in [-0.2, -0.15) is 21.6 Å². The van der Waals surface area contributed by atoms with Crippen molar-refractivity contribution in [2.75, 3.05) is 22.7 Å². The van der Waals surface area contributed by atoms with Crippen LogP contribution in [0, 0.1) is 0 Å². The molecule has 0 fully saturated rings. The molecule has 208 valence electrons. The van der Waals surface area contributed by atoms with Crippen molar-refractivity contribution in [2.24, 2.45) is 0 Å². The highest BCUT2D eigenvalue weighted by atomic mass is 35.5. The maximum absolute atomic E-state index is 14.5. The van der Waals surface area contributed by atoms with E-state index < -0.39 is 39.4 Å². The number of carbonyl (C=O) groups is 1. The molecular formula is C25H21Cl2F3N2O6S. The molecule has 1 aliphatic rings. The number of carboxylic acids is 1. The molecule has 14 heteroatoms. The van der Waals surface area contributed by atoms with E-state index in [1.54, 1.807) is 0 Å². The van der Waals surface area contributed by atoms with E-state index in [4.69, 9.17) is 33.0 Å². The van der Waals surface area contributed by atoms with Gasteiger partial charge in [0.05, 0.1) is 22.0 Å². The Morgan fingerprint density at radius 3 is 2.03 bits per heavy atom. The minimum Gasteiger partial charge on any atom is -0.478 e. The number of nitrogens with zero attached hydrogens (tertiary/aromatic N) is 2. The smallest absolute Gasteiger partial charge is 0.422 e. The Bertz CT molecular complexity index is 1580. The van der Waals surface area contributed by atoms with E-state index in [1.807, 2.05) is 0 Å². The Labute approximate surface area is 231 Å². The van der Waals surface area contributed by atoms with Gasteiger partial charge in [-0.25, -0.2) is 4.79 Å². The third kappa shape index (κ3) is 4.75. The molecule has 0 bridgehead atoms. The van der Waals surface area contributed by atoms with Gasteiger partial charge in [0.25, 0.3) is 0 Å². The van der Waals surface area contributed by atoms with Gasteiger partial charge < -0.3 is 14.9 Å². The molecular weight excluding hydrogens is 584 g/mol. The zero-order valence-electron chi connectivity index (χ0n) is 20.5. The van der Waals surface area contributed by atoms with Gasteiger partial charge in [-0.05, 0) is 47.5 Å². The Balaban J connectivity index is 1.71. The van der Waals surface area contributed by atoms with Gasteiger partial charge in [-0.3, -0.25) is 8.61 Å². The summed E-state index contributed by atoms with van der Waals surface area (Å²) in [5, 5.41) is 20.1. The van der Waals surface area contributed by atoms with Crippen LogP contribution in [-0.4, -0.2) is 44.9 Å². The zero-order valence-corrected chi connectivity index (χ0v) is 22.8. The van der Waals surface area contributed by atoms with Crippen LogP contribution >= 0.6 is 23.2 Å². The second kappa shape index (κ2) is 9.77.